The van der Waals surface area contributed by atoms with E-state index in [9.17, 15) is 0 Å². The van der Waals surface area contributed by atoms with Crippen LogP contribution in [0.4, 0.5) is 0 Å². The van der Waals surface area contributed by atoms with Gasteiger partial charge in [0.15, 0.2) is 17.7 Å². The molecule has 0 unspecified atom stereocenters. The summed E-state index contributed by atoms with van der Waals surface area (Å²) in [5.41, 5.74) is 0. The third-order valence-electron chi connectivity index (χ3n) is 3.59. The van der Waals surface area contributed by atoms with E-state index < -0.39 is 23.9 Å². The van der Waals surface area contributed by atoms with E-state index in [4.69, 9.17) is 30.3 Å². The van der Waals surface area contributed by atoms with Gasteiger partial charge in [0, 0.05) is 0 Å². The van der Waals surface area contributed by atoms with E-state index >= 15 is 0 Å². The number of fused-ring (bicyclic) bond motifs is 3. The summed E-state index contributed by atoms with van der Waals surface area (Å²) in [6, 6.07) is 0. The van der Waals surface area contributed by atoms with Gasteiger partial charge >= 0.3 is 6.23 Å². The van der Waals surface area contributed by atoms with Crippen molar-refractivity contribution < 1.29 is 23.7 Å². The van der Waals surface area contributed by atoms with Crippen LogP contribution in [-0.4, -0.2) is 48.8 Å². The molecule has 0 spiro atoms. The predicted octanol–water partition coefficient (Wildman–Crippen LogP) is 1.30. The molecule has 3 heterocycles. The lowest BCUT2D eigenvalue weighted by molar-refractivity contribution is -0.345. The number of rotatable bonds is 0. The third-order valence-corrected chi connectivity index (χ3v) is 3.59. The molecule has 3 aliphatic rings. The molecule has 3 fully saturated rings. The highest BCUT2D eigenvalue weighted by atomic mass is 16.8. The van der Waals surface area contributed by atoms with Crippen LogP contribution in [0.15, 0.2) is 0 Å². The van der Waals surface area contributed by atoms with Gasteiger partial charge in [-0.3, -0.25) is 9.58 Å². The van der Waals surface area contributed by atoms with Gasteiger partial charge in [0.25, 0.3) is 0 Å². The summed E-state index contributed by atoms with van der Waals surface area (Å²) < 4.78 is 28.9. The molecule has 0 amide bonds. The molecule has 0 aromatic heterocycles. The first-order valence-electron chi connectivity index (χ1n) is 6.51. The van der Waals surface area contributed by atoms with Gasteiger partial charge in [0.05, 0.1) is 6.61 Å². The van der Waals surface area contributed by atoms with Crippen LogP contribution in [0.25, 0.3) is 4.85 Å². The maximum atomic E-state index is 7.24. The lowest BCUT2D eigenvalue weighted by Crippen LogP contribution is -2.62. The minimum absolute atomic E-state index is 0.270. The number of ether oxygens (including phenoxy) is 5. The molecule has 3 rings (SSSR count). The number of hydrogen-bond donors (Lipinski definition) is 0. The Hall–Kier alpha value is -0.710. The predicted molar refractivity (Wildman–Crippen MR) is 64.0 cm³/mol. The minimum Gasteiger partial charge on any atom is -0.348 e. The molecule has 106 valence electrons. The van der Waals surface area contributed by atoms with Crippen molar-refractivity contribution in [3.8, 4) is 0 Å². The molecule has 19 heavy (non-hydrogen) atoms. The van der Waals surface area contributed by atoms with Crippen molar-refractivity contribution in [3.63, 3.8) is 0 Å². The summed E-state index contributed by atoms with van der Waals surface area (Å²) in [6.45, 7) is 15.0. The lowest BCUT2D eigenvalue weighted by atomic mass is 9.97. The monoisotopic (exact) mass is 269 g/mol. The Balaban J connectivity index is 1.88. The van der Waals surface area contributed by atoms with Crippen molar-refractivity contribution in [2.75, 3.05) is 6.61 Å². The Labute approximate surface area is 112 Å². The van der Waals surface area contributed by atoms with Crippen LogP contribution in [0.5, 0.6) is 0 Å². The van der Waals surface area contributed by atoms with E-state index in [2.05, 4.69) is 4.85 Å². The highest BCUT2D eigenvalue weighted by molar-refractivity contribution is 5.03. The van der Waals surface area contributed by atoms with E-state index in [1.165, 1.54) is 0 Å². The van der Waals surface area contributed by atoms with Crippen LogP contribution in [-0.2, 0) is 23.7 Å². The van der Waals surface area contributed by atoms with Crippen LogP contribution >= 0.6 is 0 Å². The summed E-state index contributed by atoms with van der Waals surface area (Å²) in [5, 5.41) is 0. The molecule has 6 heteroatoms. The molecule has 0 aliphatic carbocycles. The molecule has 0 bridgehead atoms. The van der Waals surface area contributed by atoms with Crippen molar-refractivity contribution in [2.24, 2.45) is 0 Å². The Morgan fingerprint density at radius 1 is 0.947 bits per heavy atom. The van der Waals surface area contributed by atoms with Crippen molar-refractivity contribution >= 4 is 0 Å². The van der Waals surface area contributed by atoms with Gasteiger partial charge in [-0.15, -0.1) is 0 Å². The second-order valence-corrected chi connectivity index (χ2v) is 6.05. The minimum atomic E-state index is -0.720. The van der Waals surface area contributed by atoms with Gasteiger partial charge in [0.1, 0.15) is 18.3 Å². The molecular formula is C13H19NO5. The summed E-state index contributed by atoms with van der Waals surface area (Å²) in [4.78, 5) is 3.49. The molecule has 0 aromatic carbocycles. The molecule has 0 radical (unpaired) electrons. The average molecular weight is 269 g/mol. The molecule has 3 aliphatic heterocycles. The van der Waals surface area contributed by atoms with Gasteiger partial charge in [-0.1, -0.05) is 0 Å². The van der Waals surface area contributed by atoms with Gasteiger partial charge < -0.3 is 18.9 Å². The normalized spacial score (nSPS) is 47.0. The average Bonchev–Trinajstić information content (AvgIpc) is 2.63. The molecular weight excluding hydrogens is 250 g/mol. The second-order valence-electron chi connectivity index (χ2n) is 6.05. The van der Waals surface area contributed by atoms with Crippen LogP contribution in [0.1, 0.15) is 27.7 Å². The quantitative estimate of drug-likeness (QED) is 0.620. The highest BCUT2D eigenvalue weighted by Gasteiger charge is 2.61. The third kappa shape index (κ3) is 2.26. The van der Waals surface area contributed by atoms with E-state index in [-0.39, 0.29) is 18.3 Å². The lowest BCUT2D eigenvalue weighted by Gasteiger charge is -2.45. The Kier molecular flexibility index (Phi) is 2.89. The van der Waals surface area contributed by atoms with Crippen molar-refractivity contribution in [2.45, 2.75) is 69.9 Å². The van der Waals surface area contributed by atoms with Crippen molar-refractivity contribution in [1.29, 1.82) is 0 Å². The largest absolute Gasteiger partial charge is 0.357 e. The first kappa shape index (κ1) is 13.3. The Morgan fingerprint density at radius 3 is 2.26 bits per heavy atom. The molecule has 0 aromatic rings. The van der Waals surface area contributed by atoms with Crippen molar-refractivity contribution in [1.82, 2.24) is 0 Å². The van der Waals surface area contributed by atoms with E-state index in [1.807, 2.05) is 27.7 Å². The van der Waals surface area contributed by atoms with Gasteiger partial charge in [-0.25, -0.2) is 6.57 Å². The number of hydrogen-bond acceptors (Lipinski definition) is 5. The number of nitrogens with zero attached hydrogens (tertiary/aromatic N) is 1. The zero-order valence-corrected chi connectivity index (χ0v) is 11.6. The Morgan fingerprint density at radius 2 is 1.58 bits per heavy atom. The van der Waals surface area contributed by atoms with E-state index in [1.54, 1.807) is 0 Å². The molecule has 6 nitrogen and oxygen atoms in total. The fourth-order valence-corrected chi connectivity index (χ4v) is 2.86. The van der Waals surface area contributed by atoms with Crippen molar-refractivity contribution in [3.05, 3.63) is 11.4 Å². The van der Waals surface area contributed by atoms with Crippen LogP contribution < -0.4 is 0 Å². The maximum absolute atomic E-state index is 7.24. The fraction of sp³-hybridized carbons (Fsp3) is 0.923. The Bertz CT molecular complexity index is 416. The molecule has 0 saturated carbocycles. The topological polar surface area (TPSA) is 50.5 Å². The molecule has 3 saturated heterocycles. The first-order valence-corrected chi connectivity index (χ1v) is 6.51. The second kappa shape index (κ2) is 4.14. The van der Waals surface area contributed by atoms with Gasteiger partial charge in [-0.2, -0.15) is 0 Å². The molecule has 0 N–H and O–H groups in total. The smallest absolute Gasteiger partial charge is 0.348 e. The zero-order chi connectivity index (χ0) is 13.8. The van der Waals surface area contributed by atoms with Crippen LogP contribution in [0, 0.1) is 6.57 Å². The maximum Gasteiger partial charge on any atom is 0.357 e. The summed E-state index contributed by atoms with van der Waals surface area (Å²) in [6.07, 6.45) is -1.93. The highest BCUT2D eigenvalue weighted by Crippen LogP contribution is 2.42. The molecule has 5 atom stereocenters. The fourth-order valence-electron chi connectivity index (χ4n) is 2.86. The summed E-state index contributed by atoms with van der Waals surface area (Å²) in [7, 11) is 0. The van der Waals surface area contributed by atoms with Crippen LogP contribution in [0.2, 0.25) is 0 Å². The standard InChI is InChI=1S/C13H19NO5/c1-12(2)15-6-7-8(17-12)9-10(11(14-5)16-7)19-13(3,4)18-9/h7-11H,6H2,1-4H3/t7-,8-,9+,10+,11-/m1/s1. The van der Waals surface area contributed by atoms with E-state index in [0.717, 1.165) is 0 Å². The summed E-state index contributed by atoms with van der Waals surface area (Å²) in [5.74, 6) is -1.39. The van der Waals surface area contributed by atoms with Crippen LogP contribution in [0.3, 0.4) is 0 Å². The zero-order valence-electron chi connectivity index (χ0n) is 11.6. The first-order chi connectivity index (χ1) is 8.81. The summed E-state index contributed by atoms with van der Waals surface area (Å²) >= 11 is 0. The van der Waals surface area contributed by atoms with Gasteiger partial charge in [-0.05, 0) is 27.7 Å². The SMILES string of the molecule is [C-]#[N+][C@@H]1O[C@@H]2COC(C)(C)O[C@H]2[C@@H]2OC(C)(C)O[C@@H]21. The van der Waals surface area contributed by atoms with E-state index in [0.29, 0.717) is 6.61 Å². The van der Waals surface area contributed by atoms with Gasteiger partial charge in [0.2, 0.25) is 0 Å².